The SMILES string of the molecule is CC1COCCN1CC1(c2ccc(N)cc2)CC1. The average Bonchev–Trinajstić information content (AvgIpc) is 3.14. The van der Waals surface area contributed by atoms with Gasteiger partial charge >= 0.3 is 0 Å². The maximum absolute atomic E-state index is 5.77. The largest absolute Gasteiger partial charge is 0.399 e. The summed E-state index contributed by atoms with van der Waals surface area (Å²) in [5.74, 6) is 0. The molecule has 1 unspecified atom stereocenters. The van der Waals surface area contributed by atoms with Crippen molar-refractivity contribution < 1.29 is 4.74 Å². The number of hydrogen-bond acceptors (Lipinski definition) is 3. The number of nitrogens with two attached hydrogens (primary N) is 1. The molecule has 0 spiro atoms. The number of rotatable bonds is 3. The third-order valence-electron chi connectivity index (χ3n) is 4.39. The van der Waals surface area contributed by atoms with E-state index in [0.717, 1.165) is 25.4 Å². The Bertz CT molecular complexity index is 411. The minimum absolute atomic E-state index is 0.388. The first-order chi connectivity index (χ1) is 8.70. The predicted molar refractivity (Wildman–Crippen MR) is 73.6 cm³/mol. The summed E-state index contributed by atoms with van der Waals surface area (Å²) in [6.45, 7) is 6.25. The lowest BCUT2D eigenvalue weighted by Gasteiger charge is -2.36. The first-order valence-corrected chi connectivity index (χ1v) is 6.87. The van der Waals surface area contributed by atoms with Gasteiger partial charge in [0, 0.05) is 30.2 Å². The Morgan fingerprint density at radius 2 is 2.06 bits per heavy atom. The van der Waals surface area contributed by atoms with Gasteiger partial charge < -0.3 is 10.5 Å². The van der Waals surface area contributed by atoms with Crippen molar-refractivity contribution in [2.45, 2.75) is 31.2 Å². The Morgan fingerprint density at radius 3 is 2.67 bits per heavy atom. The lowest BCUT2D eigenvalue weighted by Crippen LogP contribution is -2.47. The van der Waals surface area contributed by atoms with Crippen molar-refractivity contribution in [3.05, 3.63) is 29.8 Å². The van der Waals surface area contributed by atoms with Crippen LogP contribution in [-0.4, -0.2) is 37.2 Å². The Hall–Kier alpha value is -1.06. The summed E-state index contributed by atoms with van der Waals surface area (Å²) in [5, 5.41) is 0. The van der Waals surface area contributed by atoms with Crippen LogP contribution >= 0.6 is 0 Å². The van der Waals surface area contributed by atoms with Gasteiger partial charge in [0.25, 0.3) is 0 Å². The van der Waals surface area contributed by atoms with Crippen LogP contribution in [0.3, 0.4) is 0 Å². The zero-order valence-corrected chi connectivity index (χ0v) is 11.1. The van der Waals surface area contributed by atoms with Crippen LogP contribution in [0, 0.1) is 0 Å². The maximum atomic E-state index is 5.77. The van der Waals surface area contributed by atoms with Crippen molar-refractivity contribution in [3.8, 4) is 0 Å². The van der Waals surface area contributed by atoms with E-state index in [1.165, 1.54) is 24.9 Å². The fraction of sp³-hybridized carbons (Fsp3) is 0.600. The Morgan fingerprint density at radius 1 is 1.33 bits per heavy atom. The highest BCUT2D eigenvalue weighted by atomic mass is 16.5. The molecule has 1 atom stereocenters. The molecule has 2 N–H and O–H groups in total. The van der Waals surface area contributed by atoms with Crippen molar-refractivity contribution in [1.82, 2.24) is 4.90 Å². The van der Waals surface area contributed by atoms with E-state index < -0.39 is 0 Å². The lowest BCUT2D eigenvalue weighted by molar-refractivity contribution is -0.00450. The second kappa shape index (κ2) is 4.56. The quantitative estimate of drug-likeness (QED) is 0.829. The third kappa shape index (κ3) is 2.25. The third-order valence-corrected chi connectivity index (χ3v) is 4.39. The van der Waals surface area contributed by atoms with Crippen LogP contribution in [0.1, 0.15) is 25.3 Å². The monoisotopic (exact) mass is 246 g/mol. The molecule has 1 saturated carbocycles. The molecule has 1 aliphatic carbocycles. The first kappa shape index (κ1) is 12.0. The van der Waals surface area contributed by atoms with E-state index in [1.54, 1.807) is 0 Å². The van der Waals surface area contributed by atoms with Gasteiger partial charge in [-0.1, -0.05) is 12.1 Å². The fourth-order valence-corrected chi connectivity index (χ4v) is 2.91. The van der Waals surface area contributed by atoms with Crippen molar-refractivity contribution in [3.63, 3.8) is 0 Å². The van der Waals surface area contributed by atoms with Gasteiger partial charge in [-0.25, -0.2) is 0 Å². The molecule has 3 heteroatoms. The van der Waals surface area contributed by atoms with E-state index in [9.17, 15) is 0 Å². The van der Waals surface area contributed by atoms with E-state index >= 15 is 0 Å². The van der Waals surface area contributed by atoms with Gasteiger partial charge in [0.2, 0.25) is 0 Å². The number of hydrogen-bond donors (Lipinski definition) is 1. The molecule has 1 saturated heterocycles. The molecular weight excluding hydrogens is 224 g/mol. The number of nitrogens with zero attached hydrogens (tertiary/aromatic N) is 1. The molecule has 2 fully saturated rings. The van der Waals surface area contributed by atoms with Crippen LogP contribution < -0.4 is 5.73 Å². The van der Waals surface area contributed by atoms with Gasteiger partial charge in [0.05, 0.1) is 13.2 Å². The highest BCUT2D eigenvalue weighted by Gasteiger charge is 2.46. The fourth-order valence-electron chi connectivity index (χ4n) is 2.91. The molecule has 0 bridgehead atoms. The van der Waals surface area contributed by atoms with Gasteiger partial charge in [-0.3, -0.25) is 4.90 Å². The summed E-state index contributed by atoms with van der Waals surface area (Å²) in [6, 6.07) is 9.00. The van der Waals surface area contributed by atoms with Crippen LogP contribution in [0.4, 0.5) is 5.69 Å². The number of anilines is 1. The zero-order chi connectivity index (χ0) is 12.6. The molecule has 2 aliphatic rings. The van der Waals surface area contributed by atoms with Crippen molar-refractivity contribution in [2.75, 3.05) is 32.0 Å². The van der Waals surface area contributed by atoms with Crippen LogP contribution in [0.5, 0.6) is 0 Å². The Balaban J connectivity index is 1.73. The standard InChI is InChI=1S/C15H22N2O/c1-12-10-18-9-8-17(12)11-15(6-7-15)13-2-4-14(16)5-3-13/h2-5,12H,6-11,16H2,1H3. The highest BCUT2D eigenvalue weighted by molar-refractivity contribution is 5.43. The molecule has 1 aromatic rings. The summed E-state index contributed by atoms with van der Waals surface area (Å²) in [7, 11) is 0. The summed E-state index contributed by atoms with van der Waals surface area (Å²) in [5.41, 5.74) is 8.47. The molecule has 98 valence electrons. The smallest absolute Gasteiger partial charge is 0.0619 e. The number of benzene rings is 1. The molecule has 0 aromatic heterocycles. The topological polar surface area (TPSA) is 38.5 Å². The second-order valence-electron chi connectivity index (χ2n) is 5.80. The van der Waals surface area contributed by atoms with Crippen molar-refractivity contribution >= 4 is 5.69 Å². The minimum atomic E-state index is 0.388. The van der Waals surface area contributed by atoms with Crippen LogP contribution in [0.15, 0.2) is 24.3 Å². The van der Waals surface area contributed by atoms with Crippen molar-refractivity contribution in [1.29, 1.82) is 0 Å². The van der Waals surface area contributed by atoms with Gasteiger partial charge in [-0.2, -0.15) is 0 Å². The molecule has 0 radical (unpaired) electrons. The zero-order valence-electron chi connectivity index (χ0n) is 11.1. The normalized spacial score (nSPS) is 27.1. The Labute approximate surface area is 109 Å². The van der Waals surface area contributed by atoms with Crippen molar-refractivity contribution in [2.24, 2.45) is 0 Å². The molecular formula is C15H22N2O. The highest BCUT2D eigenvalue weighted by Crippen LogP contribution is 2.49. The summed E-state index contributed by atoms with van der Waals surface area (Å²) in [6.07, 6.45) is 2.61. The van der Waals surface area contributed by atoms with Gasteiger partial charge in [-0.05, 0) is 37.5 Å². The molecule has 3 nitrogen and oxygen atoms in total. The predicted octanol–water partition coefficient (Wildman–Crippen LogP) is 2.02. The van der Waals surface area contributed by atoms with Crippen LogP contribution in [-0.2, 0) is 10.2 Å². The molecule has 1 aliphatic heterocycles. The van der Waals surface area contributed by atoms with E-state index in [2.05, 4.69) is 24.0 Å². The molecule has 1 heterocycles. The number of ether oxygens (including phenoxy) is 1. The van der Waals surface area contributed by atoms with E-state index in [0.29, 0.717) is 11.5 Å². The number of morpholine rings is 1. The van der Waals surface area contributed by atoms with Gasteiger partial charge in [-0.15, -0.1) is 0 Å². The van der Waals surface area contributed by atoms with Crippen LogP contribution in [0.2, 0.25) is 0 Å². The molecule has 1 aromatic carbocycles. The molecule has 0 amide bonds. The second-order valence-corrected chi connectivity index (χ2v) is 5.80. The summed E-state index contributed by atoms with van der Waals surface area (Å²) in [4.78, 5) is 2.58. The lowest BCUT2D eigenvalue weighted by atomic mass is 9.94. The van der Waals surface area contributed by atoms with Gasteiger partial charge in [0.15, 0.2) is 0 Å². The van der Waals surface area contributed by atoms with E-state index in [1.807, 2.05) is 12.1 Å². The number of nitrogen functional groups attached to an aromatic ring is 1. The summed E-state index contributed by atoms with van der Waals surface area (Å²) >= 11 is 0. The van der Waals surface area contributed by atoms with E-state index in [-0.39, 0.29) is 0 Å². The average molecular weight is 246 g/mol. The molecule has 18 heavy (non-hydrogen) atoms. The molecule has 3 rings (SSSR count). The maximum Gasteiger partial charge on any atom is 0.0619 e. The first-order valence-electron chi connectivity index (χ1n) is 6.87. The summed E-state index contributed by atoms with van der Waals surface area (Å²) < 4.78 is 5.51. The van der Waals surface area contributed by atoms with E-state index in [4.69, 9.17) is 10.5 Å². The van der Waals surface area contributed by atoms with Gasteiger partial charge in [0.1, 0.15) is 0 Å². The Kier molecular flexibility index (Phi) is 3.04. The minimum Gasteiger partial charge on any atom is -0.399 e. The van der Waals surface area contributed by atoms with Crippen LogP contribution in [0.25, 0.3) is 0 Å².